The third-order valence-corrected chi connectivity index (χ3v) is 4.33. The third-order valence-electron chi connectivity index (χ3n) is 4.33. The highest BCUT2D eigenvalue weighted by Crippen LogP contribution is 2.17. The van der Waals surface area contributed by atoms with Gasteiger partial charge in [0.25, 0.3) is 0 Å². The lowest BCUT2D eigenvalue weighted by Gasteiger charge is -2.29. The zero-order valence-electron chi connectivity index (χ0n) is 15.9. The number of hydrogen-bond acceptors (Lipinski definition) is 3. The zero-order valence-corrected chi connectivity index (χ0v) is 15.9. The highest BCUT2D eigenvalue weighted by atomic mass is 19.1. The van der Waals surface area contributed by atoms with E-state index in [0.29, 0.717) is 17.9 Å². The van der Waals surface area contributed by atoms with Crippen LogP contribution >= 0.6 is 0 Å². The van der Waals surface area contributed by atoms with Crippen LogP contribution in [0.2, 0.25) is 0 Å². The molecule has 1 atom stereocenters. The van der Waals surface area contributed by atoms with Crippen LogP contribution in [0.15, 0.2) is 48.5 Å². The van der Waals surface area contributed by atoms with Gasteiger partial charge < -0.3 is 15.0 Å². The van der Waals surface area contributed by atoms with Crippen molar-refractivity contribution in [1.82, 2.24) is 10.2 Å². The molecule has 2 rings (SSSR count). The summed E-state index contributed by atoms with van der Waals surface area (Å²) in [6.07, 6.45) is -0.105. The van der Waals surface area contributed by atoms with E-state index in [2.05, 4.69) is 5.32 Å². The Morgan fingerprint density at radius 1 is 1.15 bits per heavy atom. The van der Waals surface area contributed by atoms with Gasteiger partial charge in [-0.05, 0) is 43.2 Å². The maximum atomic E-state index is 13.9. The van der Waals surface area contributed by atoms with Crippen molar-refractivity contribution in [2.24, 2.45) is 0 Å². The number of amides is 2. The lowest BCUT2D eigenvalue weighted by atomic mass is 10.1. The van der Waals surface area contributed by atoms with E-state index in [9.17, 15) is 14.0 Å². The van der Waals surface area contributed by atoms with Crippen LogP contribution < -0.4 is 10.1 Å². The Morgan fingerprint density at radius 2 is 1.81 bits per heavy atom. The van der Waals surface area contributed by atoms with E-state index in [-0.39, 0.29) is 24.8 Å². The van der Waals surface area contributed by atoms with Crippen molar-refractivity contribution in [3.05, 3.63) is 65.5 Å². The third kappa shape index (κ3) is 5.54. The zero-order chi connectivity index (χ0) is 19.8. The lowest BCUT2D eigenvalue weighted by Crippen LogP contribution is -2.48. The predicted octanol–water partition coefficient (Wildman–Crippen LogP) is 2.93. The molecular formula is C21H25FN2O3. The average molecular weight is 372 g/mol. The first-order chi connectivity index (χ1) is 13.0. The second kappa shape index (κ2) is 9.71. The van der Waals surface area contributed by atoms with Crippen molar-refractivity contribution in [2.75, 3.05) is 13.7 Å². The number of ether oxygens (including phenoxy) is 1. The summed E-state index contributed by atoms with van der Waals surface area (Å²) in [6, 6.07) is 12.8. The van der Waals surface area contributed by atoms with Crippen LogP contribution in [0, 0.1) is 5.82 Å². The molecule has 0 saturated carbocycles. The van der Waals surface area contributed by atoms with Crippen LogP contribution in [0.4, 0.5) is 4.39 Å². The van der Waals surface area contributed by atoms with Gasteiger partial charge in [0.15, 0.2) is 0 Å². The van der Waals surface area contributed by atoms with Crippen LogP contribution in [-0.4, -0.2) is 36.4 Å². The fourth-order valence-corrected chi connectivity index (χ4v) is 2.74. The minimum atomic E-state index is -0.675. The molecule has 2 aromatic carbocycles. The van der Waals surface area contributed by atoms with E-state index in [1.165, 1.54) is 11.0 Å². The highest BCUT2D eigenvalue weighted by Gasteiger charge is 2.26. The summed E-state index contributed by atoms with van der Waals surface area (Å²) in [5.41, 5.74) is 1.17. The van der Waals surface area contributed by atoms with Gasteiger partial charge in [-0.1, -0.05) is 30.3 Å². The SMILES string of the molecule is CCNC(=O)C(C)N(Cc1ccc(OC)cc1)C(=O)Cc1ccccc1F. The normalized spacial score (nSPS) is 11.6. The van der Waals surface area contributed by atoms with Crippen molar-refractivity contribution in [2.45, 2.75) is 32.9 Å². The molecule has 0 heterocycles. The molecule has 5 nitrogen and oxygen atoms in total. The van der Waals surface area contributed by atoms with E-state index in [1.807, 2.05) is 19.1 Å². The number of benzene rings is 2. The molecule has 0 saturated heterocycles. The molecule has 2 amide bonds. The van der Waals surface area contributed by atoms with Crippen LogP contribution in [0.25, 0.3) is 0 Å². The average Bonchev–Trinajstić information content (AvgIpc) is 2.68. The van der Waals surface area contributed by atoms with Gasteiger partial charge in [-0.15, -0.1) is 0 Å². The summed E-state index contributed by atoms with van der Waals surface area (Å²) in [6.45, 7) is 4.21. The number of halogens is 1. The molecule has 0 radical (unpaired) electrons. The molecule has 0 fully saturated rings. The van der Waals surface area contributed by atoms with Crippen molar-refractivity contribution in [3.63, 3.8) is 0 Å². The number of likely N-dealkylation sites (N-methyl/N-ethyl adjacent to an activating group) is 1. The van der Waals surface area contributed by atoms with Gasteiger partial charge in [0.05, 0.1) is 13.5 Å². The van der Waals surface area contributed by atoms with Gasteiger partial charge in [-0.2, -0.15) is 0 Å². The molecule has 6 heteroatoms. The van der Waals surface area contributed by atoms with E-state index in [1.54, 1.807) is 44.4 Å². The fraction of sp³-hybridized carbons (Fsp3) is 0.333. The molecule has 0 aromatic heterocycles. The van der Waals surface area contributed by atoms with Gasteiger partial charge in [-0.25, -0.2) is 4.39 Å². The maximum absolute atomic E-state index is 13.9. The Kier molecular flexibility index (Phi) is 7.34. The van der Waals surface area contributed by atoms with E-state index >= 15 is 0 Å². The maximum Gasteiger partial charge on any atom is 0.242 e. The largest absolute Gasteiger partial charge is 0.497 e. The molecule has 0 bridgehead atoms. The van der Waals surface area contributed by atoms with Crippen LogP contribution in [0.5, 0.6) is 5.75 Å². The molecule has 27 heavy (non-hydrogen) atoms. The second-order valence-electron chi connectivity index (χ2n) is 6.21. The Hall–Kier alpha value is -2.89. The Labute approximate surface area is 159 Å². The van der Waals surface area contributed by atoms with Gasteiger partial charge in [0, 0.05) is 13.1 Å². The standard InChI is InChI=1S/C21H25FN2O3/c1-4-23-21(26)15(2)24(14-16-9-11-18(27-3)12-10-16)20(25)13-17-7-5-6-8-19(17)22/h5-12,15H,4,13-14H2,1-3H3,(H,23,26). The predicted molar refractivity (Wildman–Crippen MR) is 102 cm³/mol. The van der Waals surface area contributed by atoms with Crippen molar-refractivity contribution in [1.29, 1.82) is 0 Å². The molecule has 2 aromatic rings. The summed E-state index contributed by atoms with van der Waals surface area (Å²) in [5, 5.41) is 2.73. The molecule has 0 aliphatic carbocycles. The fourth-order valence-electron chi connectivity index (χ4n) is 2.74. The number of rotatable bonds is 8. The molecule has 1 unspecified atom stereocenters. The topological polar surface area (TPSA) is 58.6 Å². The summed E-state index contributed by atoms with van der Waals surface area (Å²) in [5.74, 6) is -0.275. The van der Waals surface area contributed by atoms with Crippen molar-refractivity contribution >= 4 is 11.8 Å². The number of nitrogens with zero attached hydrogens (tertiary/aromatic N) is 1. The monoisotopic (exact) mass is 372 g/mol. The number of carbonyl (C=O) groups excluding carboxylic acids is 2. The first kappa shape index (κ1) is 20.4. The summed E-state index contributed by atoms with van der Waals surface area (Å²) < 4.78 is 19.1. The number of nitrogens with one attached hydrogen (secondary N) is 1. The Bertz CT molecular complexity index is 777. The van der Waals surface area contributed by atoms with Crippen molar-refractivity contribution < 1.29 is 18.7 Å². The quantitative estimate of drug-likeness (QED) is 0.775. The minimum Gasteiger partial charge on any atom is -0.497 e. The molecular weight excluding hydrogens is 347 g/mol. The highest BCUT2D eigenvalue weighted by molar-refractivity contribution is 5.88. The van der Waals surface area contributed by atoms with Gasteiger partial charge in [0.2, 0.25) is 11.8 Å². The smallest absolute Gasteiger partial charge is 0.242 e. The van der Waals surface area contributed by atoms with Gasteiger partial charge >= 0.3 is 0 Å². The summed E-state index contributed by atoms with van der Waals surface area (Å²) >= 11 is 0. The van der Waals surface area contributed by atoms with Crippen LogP contribution in [-0.2, 0) is 22.6 Å². The Balaban J connectivity index is 2.23. The minimum absolute atomic E-state index is 0.105. The van der Waals surface area contributed by atoms with E-state index in [0.717, 1.165) is 5.56 Å². The first-order valence-corrected chi connectivity index (χ1v) is 8.89. The van der Waals surface area contributed by atoms with Crippen molar-refractivity contribution in [3.8, 4) is 5.75 Å². The molecule has 144 valence electrons. The first-order valence-electron chi connectivity index (χ1n) is 8.89. The lowest BCUT2D eigenvalue weighted by molar-refractivity contribution is -0.140. The molecule has 0 aliphatic rings. The van der Waals surface area contributed by atoms with Gasteiger partial charge in [-0.3, -0.25) is 9.59 Å². The van der Waals surface area contributed by atoms with Crippen LogP contribution in [0.1, 0.15) is 25.0 Å². The molecule has 1 N–H and O–H groups in total. The number of methoxy groups -OCH3 is 1. The summed E-state index contributed by atoms with van der Waals surface area (Å²) in [4.78, 5) is 26.7. The molecule has 0 spiro atoms. The Morgan fingerprint density at radius 3 is 2.41 bits per heavy atom. The molecule has 0 aliphatic heterocycles. The summed E-state index contributed by atoms with van der Waals surface area (Å²) in [7, 11) is 1.58. The number of hydrogen-bond donors (Lipinski definition) is 1. The van der Waals surface area contributed by atoms with Crippen LogP contribution in [0.3, 0.4) is 0 Å². The number of carbonyl (C=O) groups is 2. The van der Waals surface area contributed by atoms with E-state index < -0.39 is 11.9 Å². The van der Waals surface area contributed by atoms with Gasteiger partial charge in [0.1, 0.15) is 17.6 Å². The second-order valence-corrected chi connectivity index (χ2v) is 6.21. The van der Waals surface area contributed by atoms with E-state index in [4.69, 9.17) is 4.74 Å².